The van der Waals surface area contributed by atoms with Crippen LogP contribution < -0.4 is 10.6 Å². The lowest BCUT2D eigenvalue weighted by Crippen LogP contribution is -2.09. The van der Waals surface area contributed by atoms with Crippen LogP contribution in [-0.2, 0) is 0 Å². The van der Waals surface area contributed by atoms with Crippen molar-refractivity contribution in [3.63, 3.8) is 0 Å². The van der Waals surface area contributed by atoms with Gasteiger partial charge in [0, 0.05) is 24.9 Å². The van der Waals surface area contributed by atoms with Crippen LogP contribution in [0.2, 0.25) is 0 Å². The Bertz CT molecular complexity index is 362. The zero-order chi connectivity index (χ0) is 11.0. The number of nitrogens with zero attached hydrogens (tertiary/aromatic N) is 1. The van der Waals surface area contributed by atoms with Gasteiger partial charge in [0.1, 0.15) is 5.76 Å². The fraction of sp³-hybridized carbons (Fsp3) is 0.750. The van der Waals surface area contributed by atoms with Gasteiger partial charge in [-0.05, 0) is 32.9 Å². The van der Waals surface area contributed by atoms with E-state index in [-0.39, 0.29) is 0 Å². The van der Waals surface area contributed by atoms with Crippen LogP contribution in [0.5, 0.6) is 0 Å². The maximum Gasteiger partial charge on any atom is 0.199 e. The summed E-state index contributed by atoms with van der Waals surface area (Å²) < 4.78 is 5.83. The van der Waals surface area contributed by atoms with E-state index in [9.17, 15) is 0 Å². The molecule has 2 atom stereocenters. The maximum absolute atomic E-state index is 5.83. The summed E-state index contributed by atoms with van der Waals surface area (Å²) in [6, 6.07) is 0. The van der Waals surface area contributed by atoms with Crippen molar-refractivity contribution in [2.75, 3.05) is 26.2 Å². The third-order valence-electron chi connectivity index (χ3n) is 3.71. The summed E-state index contributed by atoms with van der Waals surface area (Å²) in [6.45, 7) is 6.31. The second-order valence-electron chi connectivity index (χ2n) is 4.87. The van der Waals surface area contributed by atoms with E-state index in [1.54, 1.807) is 0 Å². The largest absolute Gasteiger partial charge is 0.445 e. The first-order valence-electron chi connectivity index (χ1n) is 6.23. The molecule has 0 spiro atoms. The molecule has 16 heavy (non-hydrogen) atoms. The van der Waals surface area contributed by atoms with Crippen molar-refractivity contribution in [3.05, 3.63) is 17.3 Å². The van der Waals surface area contributed by atoms with E-state index in [0.717, 1.165) is 44.3 Å². The summed E-state index contributed by atoms with van der Waals surface area (Å²) in [5.41, 5.74) is 1.19. The monoisotopic (exact) mass is 221 g/mol. The SMILES string of the molecule is Cc1oc(C2CCNC2)nc1C1CCNC1. The van der Waals surface area contributed by atoms with E-state index in [2.05, 4.69) is 10.6 Å². The Morgan fingerprint density at radius 1 is 1.12 bits per heavy atom. The molecule has 0 bridgehead atoms. The van der Waals surface area contributed by atoms with Gasteiger partial charge < -0.3 is 15.1 Å². The van der Waals surface area contributed by atoms with Gasteiger partial charge >= 0.3 is 0 Å². The number of aryl methyl sites for hydroxylation is 1. The summed E-state index contributed by atoms with van der Waals surface area (Å²) in [5, 5.41) is 6.74. The van der Waals surface area contributed by atoms with Crippen molar-refractivity contribution in [3.8, 4) is 0 Å². The molecule has 0 amide bonds. The number of aromatic nitrogens is 1. The van der Waals surface area contributed by atoms with Crippen LogP contribution in [0.1, 0.15) is 42.0 Å². The molecular weight excluding hydrogens is 202 g/mol. The molecule has 4 heteroatoms. The summed E-state index contributed by atoms with van der Waals surface area (Å²) in [6.07, 6.45) is 2.35. The normalized spacial score (nSPS) is 30.1. The van der Waals surface area contributed by atoms with Crippen LogP contribution in [0, 0.1) is 6.92 Å². The summed E-state index contributed by atoms with van der Waals surface area (Å²) >= 11 is 0. The van der Waals surface area contributed by atoms with E-state index < -0.39 is 0 Å². The minimum Gasteiger partial charge on any atom is -0.445 e. The van der Waals surface area contributed by atoms with Gasteiger partial charge in [0.2, 0.25) is 0 Å². The quantitative estimate of drug-likeness (QED) is 0.786. The van der Waals surface area contributed by atoms with Crippen molar-refractivity contribution in [1.82, 2.24) is 15.6 Å². The van der Waals surface area contributed by atoms with Gasteiger partial charge in [-0.25, -0.2) is 4.98 Å². The Balaban J connectivity index is 1.83. The lowest BCUT2D eigenvalue weighted by atomic mass is 10.0. The summed E-state index contributed by atoms with van der Waals surface area (Å²) in [7, 11) is 0. The van der Waals surface area contributed by atoms with E-state index in [1.807, 2.05) is 6.92 Å². The van der Waals surface area contributed by atoms with Gasteiger partial charge in [-0.3, -0.25) is 0 Å². The molecule has 3 rings (SSSR count). The van der Waals surface area contributed by atoms with E-state index >= 15 is 0 Å². The number of hydrogen-bond donors (Lipinski definition) is 2. The maximum atomic E-state index is 5.83. The highest BCUT2D eigenvalue weighted by Crippen LogP contribution is 2.29. The Hall–Kier alpha value is -0.870. The van der Waals surface area contributed by atoms with E-state index in [0.29, 0.717) is 11.8 Å². The molecular formula is C12H19N3O. The van der Waals surface area contributed by atoms with Crippen LogP contribution >= 0.6 is 0 Å². The highest BCUT2D eigenvalue weighted by atomic mass is 16.4. The highest BCUT2D eigenvalue weighted by molar-refractivity contribution is 5.17. The third-order valence-corrected chi connectivity index (χ3v) is 3.71. The second-order valence-corrected chi connectivity index (χ2v) is 4.87. The first-order chi connectivity index (χ1) is 7.84. The van der Waals surface area contributed by atoms with Crippen LogP contribution in [0.25, 0.3) is 0 Å². The third kappa shape index (κ3) is 1.76. The van der Waals surface area contributed by atoms with Crippen LogP contribution in [-0.4, -0.2) is 31.2 Å². The fourth-order valence-corrected chi connectivity index (χ4v) is 2.74. The first kappa shape index (κ1) is 10.3. The van der Waals surface area contributed by atoms with Crippen LogP contribution in [0.3, 0.4) is 0 Å². The predicted molar refractivity (Wildman–Crippen MR) is 61.7 cm³/mol. The minimum absolute atomic E-state index is 0.488. The molecule has 3 heterocycles. The predicted octanol–water partition coefficient (Wildman–Crippen LogP) is 1.14. The lowest BCUT2D eigenvalue weighted by Gasteiger charge is -2.03. The number of rotatable bonds is 2. The second kappa shape index (κ2) is 4.18. The molecule has 0 saturated carbocycles. The smallest absolute Gasteiger partial charge is 0.199 e. The molecule has 2 aliphatic heterocycles. The molecule has 1 aromatic heterocycles. The summed E-state index contributed by atoms with van der Waals surface area (Å²) in [5.74, 6) is 3.02. The standard InChI is InChI=1S/C12H19N3O/c1-8-11(9-2-4-13-6-9)15-12(16-8)10-3-5-14-7-10/h9-10,13-14H,2-7H2,1H3. The van der Waals surface area contributed by atoms with Gasteiger partial charge in [0.25, 0.3) is 0 Å². The molecule has 88 valence electrons. The van der Waals surface area contributed by atoms with Crippen LogP contribution in [0.4, 0.5) is 0 Å². The van der Waals surface area contributed by atoms with Gasteiger partial charge in [-0.2, -0.15) is 0 Å². The van der Waals surface area contributed by atoms with E-state index in [1.165, 1.54) is 12.1 Å². The molecule has 0 radical (unpaired) electrons. The molecule has 2 aliphatic rings. The van der Waals surface area contributed by atoms with Crippen molar-refractivity contribution in [2.45, 2.75) is 31.6 Å². The Morgan fingerprint density at radius 3 is 2.44 bits per heavy atom. The van der Waals surface area contributed by atoms with Gasteiger partial charge in [-0.15, -0.1) is 0 Å². The molecule has 2 fully saturated rings. The fourth-order valence-electron chi connectivity index (χ4n) is 2.74. The number of nitrogens with one attached hydrogen (secondary N) is 2. The van der Waals surface area contributed by atoms with E-state index in [4.69, 9.17) is 9.40 Å². The topological polar surface area (TPSA) is 50.1 Å². The minimum atomic E-state index is 0.488. The molecule has 0 aliphatic carbocycles. The molecule has 2 N–H and O–H groups in total. The molecule has 2 saturated heterocycles. The average Bonchev–Trinajstić information content (AvgIpc) is 2.97. The summed E-state index contributed by atoms with van der Waals surface area (Å²) in [4.78, 5) is 4.73. The first-order valence-corrected chi connectivity index (χ1v) is 6.23. The lowest BCUT2D eigenvalue weighted by molar-refractivity contribution is 0.438. The zero-order valence-corrected chi connectivity index (χ0v) is 9.75. The van der Waals surface area contributed by atoms with Crippen LogP contribution in [0.15, 0.2) is 4.42 Å². The molecule has 1 aromatic rings. The molecule has 2 unspecified atom stereocenters. The van der Waals surface area contributed by atoms with Crippen molar-refractivity contribution in [2.24, 2.45) is 0 Å². The number of oxazole rings is 1. The van der Waals surface area contributed by atoms with Crippen molar-refractivity contribution in [1.29, 1.82) is 0 Å². The van der Waals surface area contributed by atoms with Crippen molar-refractivity contribution >= 4 is 0 Å². The Kier molecular flexibility index (Phi) is 2.69. The average molecular weight is 221 g/mol. The van der Waals surface area contributed by atoms with Gasteiger partial charge in [0.15, 0.2) is 5.89 Å². The Morgan fingerprint density at radius 2 is 1.81 bits per heavy atom. The molecule has 4 nitrogen and oxygen atoms in total. The molecule has 0 aromatic carbocycles. The van der Waals surface area contributed by atoms with Crippen molar-refractivity contribution < 1.29 is 4.42 Å². The van der Waals surface area contributed by atoms with Gasteiger partial charge in [-0.1, -0.05) is 0 Å². The van der Waals surface area contributed by atoms with Gasteiger partial charge in [0.05, 0.1) is 5.69 Å². The zero-order valence-electron chi connectivity index (χ0n) is 9.75. The highest BCUT2D eigenvalue weighted by Gasteiger charge is 2.27. The number of hydrogen-bond acceptors (Lipinski definition) is 4. The Labute approximate surface area is 95.8 Å².